The molecule has 0 bridgehead atoms. The molecule has 0 aliphatic carbocycles. The van der Waals surface area contributed by atoms with Crippen molar-refractivity contribution in [1.82, 2.24) is 0 Å². The zero-order valence-electron chi connectivity index (χ0n) is 17.1. The first-order valence-corrected chi connectivity index (χ1v) is 10.2. The van der Waals surface area contributed by atoms with Crippen LogP contribution in [0.1, 0.15) is 30.9 Å². The van der Waals surface area contributed by atoms with Crippen LogP contribution in [0.15, 0.2) is 91.5 Å². The van der Waals surface area contributed by atoms with Crippen molar-refractivity contribution < 1.29 is 14.6 Å². The number of rotatable bonds is 8. The summed E-state index contributed by atoms with van der Waals surface area (Å²) in [5.41, 5.74) is 0.265. The SMILES string of the molecule is C=CC(c1ccccc1)C(C(=O)O)(c1ccc(Cl)c(Oc2ccccc2)c1)C(C)C. The molecule has 3 aromatic rings. The highest BCUT2D eigenvalue weighted by molar-refractivity contribution is 6.32. The van der Waals surface area contributed by atoms with E-state index in [4.69, 9.17) is 16.3 Å². The van der Waals surface area contributed by atoms with E-state index in [9.17, 15) is 9.90 Å². The molecule has 0 radical (unpaired) electrons. The van der Waals surface area contributed by atoms with E-state index in [-0.39, 0.29) is 5.92 Å². The summed E-state index contributed by atoms with van der Waals surface area (Å²) in [6.45, 7) is 7.81. The molecular weight excluding hydrogens is 396 g/mol. The average molecular weight is 421 g/mol. The van der Waals surface area contributed by atoms with E-state index in [0.29, 0.717) is 22.1 Å². The number of hydrogen-bond donors (Lipinski definition) is 1. The lowest BCUT2D eigenvalue weighted by Crippen LogP contribution is -2.45. The maximum absolute atomic E-state index is 12.9. The second kappa shape index (κ2) is 9.19. The first-order valence-electron chi connectivity index (χ1n) is 9.85. The number of carbonyl (C=O) groups is 1. The van der Waals surface area contributed by atoms with E-state index in [1.54, 1.807) is 24.3 Å². The van der Waals surface area contributed by atoms with E-state index in [0.717, 1.165) is 5.56 Å². The number of ether oxygens (including phenoxy) is 1. The summed E-state index contributed by atoms with van der Waals surface area (Å²) < 4.78 is 5.97. The molecule has 3 rings (SSSR count). The van der Waals surface area contributed by atoms with Gasteiger partial charge in [0.15, 0.2) is 0 Å². The molecule has 2 atom stereocenters. The molecule has 0 aliphatic heterocycles. The lowest BCUT2D eigenvalue weighted by Gasteiger charge is -2.40. The third-order valence-corrected chi connectivity index (χ3v) is 5.84. The fourth-order valence-electron chi connectivity index (χ4n) is 4.08. The number of carboxylic acid groups (broad SMARTS) is 1. The monoisotopic (exact) mass is 420 g/mol. The maximum Gasteiger partial charge on any atom is 0.315 e. The Kier molecular flexibility index (Phi) is 6.63. The highest BCUT2D eigenvalue weighted by Gasteiger charge is 2.49. The molecule has 1 N–H and O–H groups in total. The quantitative estimate of drug-likeness (QED) is 0.396. The zero-order valence-corrected chi connectivity index (χ0v) is 17.8. The molecule has 30 heavy (non-hydrogen) atoms. The average Bonchev–Trinajstić information content (AvgIpc) is 2.74. The minimum absolute atomic E-state index is 0.232. The maximum atomic E-state index is 12.9. The molecule has 3 aromatic carbocycles. The van der Waals surface area contributed by atoms with Gasteiger partial charge in [0.05, 0.1) is 5.02 Å². The number of aliphatic carboxylic acids is 1. The van der Waals surface area contributed by atoms with Gasteiger partial charge in [-0.25, -0.2) is 0 Å². The minimum atomic E-state index is -1.25. The molecule has 0 heterocycles. The number of allylic oxidation sites excluding steroid dienone is 1. The van der Waals surface area contributed by atoms with Gasteiger partial charge in [-0.05, 0) is 41.3 Å². The second-order valence-electron chi connectivity index (χ2n) is 7.51. The number of hydrogen-bond acceptors (Lipinski definition) is 2. The Morgan fingerprint density at radius 2 is 1.63 bits per heavy atom. The number of benzene rings is 3. The van der Waals surface area contributed by atoms with E-state index < -0.39 is 17.3 Å². The molecule has 0 saturated carbocycles. The third kappa shape index (κ3) is 3.99. The van der Waals surface area contributed by atoms with Gasteiger partial charge in [0.1, 0.15) is 16.9 Å². The summed E-state index contributed by atoms with van der Waals surface area (Å²) in [7, 11) is 0. The van der Waals surface area contributed by atoms with Gasteiger partial charge in [-0.1, -0.05) is 86.1 Å². The Bertz CT molecular complexity index is 1010. The van der Waals surface area contributed by atoms with Gasteiger partial charge >= 0.3 is 5.97 Å². The molecule has 4 heteroatoms. The highest BCUT2D eigenvalue weighted by Crippen LogP contribution is 2.47. The molecule has 0 saturated heterocycles. The molecular formula is C26H25ClO3. The van der Waals surface area contributed by atoms with Crippen LogP contribution in [0.2, 0.25) is 5.02 Å². The van der Waals surface area contributed by atoms with Crippen molar-refractivity contribution in [2.24, 2.45) is 5.92 Å². The zero-order chi connectivity index (χ0) is 21.7. The van der Waals surface area contributed by atoms with Gasteiger partial charge in [0.2, 0.25) is 0 Å². The normalized spacial score (nSPS) is 14.0. The Morgan fingerprint density at radius 1 is 1.03 bits per heavy atom. The summed E-state index contributed by atoms with van der Waals surface area (Å²) in [5.74, 6) is -0.544. The van der Waals surface area contributed by atoms with Crippen LogP contribution in [0, 0.1) is 5.92 Å². The number of halogens is 1. The van der Waals surface area contributed by atoms with Gasteiger partial charge in [0, 0.05) is 5.92 Å². The summed E-state index contributed by atoms with van der Waals surface area (Å²) in [6, 6.07) is 24.1. The predicted molar refractivity (Wildman–Crippen MR) is 121 cm³/mol. The van der Waals surface area contributed by atoms with Crippen molar-refractivity contribution in [1.29, 1.82) is 0 Å². The number of para-hydroxylation sites is 1. The van der Waals surface area contributed by atoms with Crippen LogP contribution < -0.4 is 4.74 Å². The molecule has 154 valence electrons. The van der Waals surface area contributed by atoms with Gasteiger partial charge in [-0.3, -0.25) is 4.79 Å². The largest absolute Gasteiger partial charge is 0.481 e. The van der Waals surface area contributed by atoms with Crippen LogP contribution >= 0.6 is 11.6 Å². The first kappa shape index (κ1) is 21.7. The second-order valence-corrected chi connectivity index (χ2v) is 7.92. The van der Waals surface area contributed by atoms with Crippen LogP contribution in [-0.2, 0) is 10.2 Å². The topological polar surface area (TPSA) is 46.5 Å². The lowest BCUT2D eigenvalue weighted by molar-refractivity contribution is -0.146. The molecule has 2 unspecified atom stereocenters. The molecule has 0 aliphatic rings. The Hall–Kier alpha value is -3.04. The van der Waals surface area contributed by atoms with E-state index in [1.165, 1.54) is 0 Å². The molecule has 0 spiro atoms. The highest BCUT2D eigenvalue weighted by atomic mass is 35.5. The molecule has 0 aromatic heterocycles. The third-order valence-electron chi connectivity index (χ3n) is 5.53. The summed E-state index contributed by atoms with van der Waals surface area (Å²) in [4.78, 5) is 12.9. The Morgan fingerprint density at radius 3 is 2.17 bits per heavy atom. The van der Waals surface area contributed by atoms with Crippen molar-refractivity contribution in [2.75, 3.05) is 0 Å². The number of carboxylic acids is 1. The van der Waals surface area contributed by atoms with Crippen molar-refractivity contribution in [3.8, 4) is 11.5 Å². The minimum Gasteiger partial charge on any atom is -0.481 e. The van der Waals surface area contributed by atoms with Gasteiger partial charge < -0.3 is 9.84 Å². The van der Waals surface area contributed by atoms with Crippen molar-refractivity contribution in [3.63, 3.8) is 0 Å². The molecule has 3 nitrogen and oxygen atoms in total. The fourth-order valence-corrected chi connectivity index (χ4v) is 4.23. The lowest BCUT2D eigenvalue weighted by atomic mass is 9.61. The van der Waals surface area contributed by atoms with E-state index in [1.807, 2.05) is 74.5 Å². The van der Waals surface area contributed by atoms with Gasteiger partial charge in [0.25, 0.3) is 0 Å². The Labute approximate surface area is 182 Å². The van der Waals surface area contributed by atoms with Crippen LogP contribution in [0.4, 0.5) is 0 Å². The van der Waals surface area contributed by atoms with E-state index in [2.05, 4.69) is 6.58 Å². The van der Waals surface area contributed by atoms with Crippen LogP contribution in [0.3, 0.4) is 0 Å². The Balaban J connectivity index is 2.19. The fraction of sp³-hybridized carbons (Fsp3) is 0.192. The van der Waals surface area contributed by atoms with Gasteiger partial charge in [-0.2, -0.15) is 0 Å². The standard InChI is InChI=1S/C26H25ClO3/c1-4-22(19-11-7-5-8-12-19)26(18(2)3,25(28)29)20-15-16-23(27)24(17-20)30-21-13-9-6-10-14-21/h4-18,22H,1H2,2-3H3,(H,28,29). The summed E-state index contributed by atoms with van der Waals surface area (Å²) in [5, 5.41) is 11.0. The van der Waals surface area contributed by atoms with Crippen LogP contribution in [0.25, 0.3) is 0 Å². The first-order chi connectivity index (χ1) is 14.4. The van der Waals surface area contributed by atoms with E-state index >= 15 is 0 Å². The van der Waals surface area contributed by atoms with Gasteiger partial charge in [-0.15, -0.1) is 6.58 Å². The molecule has 0 fully saturated rings. The summed E-state index contributed by atoms with van der Waals surface area (Å²) >= 11 is 6.39. The van der Waals surface area contributed by atoms with Crippen molar-refractivity contribution in [2.45, 2.75) is 25.2 Å². The van der Waals surface area contributed by atoms with Crippen LogP contribution in [0.5, 0.6) is 11.5 Å². The van der Waals surface area contributed by atoms with Crippen molar-refractivity contribution >= 4 is 17.6 Å². The van der Waals surface area contributed by atoms with Crippen molar-refractivity contribution in [3.05, 3.63) is 108 Å². The van der Waals surface area contributed by atoms with Crippen LogP contribution in [-0.4, -0.2) is 11.1 Å². The molecule has 0 amide bonds. The predicted octanol–water partition coefficient (Wildman–Crippen LogP) is 7.08. The summed E-state index contributed by atoms with van der Waals surface area (Å²) in [6.07, 6.45) is 1.72. The smallest absolute Gasteiger partial charge is 0.315 e.